The lowest BCUT2D eigenvalue weighted by Crippen LogP contribution is -2.36. The van der Waals surface area contributed by atoms with Gasteiger partial charge in [-0.2, -0.15) is 22.1 Å². The summed E-state index contributed by atoms with van der Waals surface area (Å²) in [6.45, 7) is -1.42. The predicted octanol–water partition coefficient (Wildman–Crippen LogP) is -2.18. The van der Waals surface area contributed by atoms with Gasteiger partial charge in [-0.3, -0.25) is 0 Å². The maximum atomic E-state index is 10.9. The molecule has 124 valence electrons. The Kier molecular flexibility index (Phi) is 5.71. The van der Waals surface area contributed by atoms with Gasteiger partial charge in [0.1, 0.15) is 19.3 Å². The van der Waals surface area contributed by atoms with E-state index < -0.39 is 53.7 Å². The lowest BCUT2D eigenvalue weighted by molar-refractivity contribution is -0.0353. The zero-order valence-electron chi connectivity index (χ0n) is 10.8. The van der Waals surface area contributed by atoms with E-state index in [9.17, 15) is 16.8 Å². The van der Waals surface area contributed by atoms with E-state index >= 15 is 0 Å². The molecule has 0 spiro atoms. The molecular formula is C7H10BNO11S2. The normalized spacial score (nSPS) is 29.2. The van der Waals surface area contributed by atoms with E-state index in [0.717, 1.165) is 0 Å². The summed E-state index contributed by atoms with van der Waals surface area (Å²) < 4.78 is 76.1. The standard InChI is InChI=1S/C7H10BNO11S2/c9-1-2-14-8(18-7-5-17-22(12,13)20-7)15-3-6-4-16-21(10,11)19-6/h6-7H,2-5H2. The third-order valence-corrected chi connectivity index (χ3v) is 4.00. The molecule has 2 rings (SSSR count). The minimum atomic E-state index is -4.13. The molecule has 2 saturated heterocycles. The van der Waals surface area contributed by atoms with Crippen molar-refractivity contribution >= 4 is 28.1 Å². The highest BCUT2D eigenvalue weighted by Gasteiger charge is 2.38. The fourth-order valence-electron chi connectivity index (χ4n) is 1.39. The van der Waals surface area contributed by atoms with Crippen molar-refractivity contribution in [3.8, 4) is 6.07 Å². The smallest absolute Gasteiger partial charge is 0.383 e. The highest BCUT2D eigenvalue weighted by Crippen LogP contribution is 2.17. The second kappa shape index (κ2) is 7.17. The van der Waals surface area contributed by atoms with Crippen molar-refractivity contribution in [1.82, 2.24) is 0 Å². The molecule has 0 aromatic heterocycles. The summed E-state index contributed by atoms with van der Waals surface area (Å²) in [6.07, 6.45) is -2.25. The molecule has 2 aliphatic heterocycles. The Bertz CT molecular complexity index is 627. The van der Waals surface area contributed by atoms with Gasteiger partial charge in [-0.15, -0.1) is 0 Å². The van der Waals surface area contributed by atoms with Crippen LogP contribution in [-0.2, 0) is 51.5 Å². The first kappa shape index (κ1) is 17.5. The number of hydrogen-bond acceptors (Lipinski definition) is 12. The molecule has 2 atom stereocenters. The molecule has 2 aliphatic rings. The molecule has 2 heterocycles. The van der Waals surface area contributed by atoms with Crippen LogP contribution >= 0.6 is 0 Å². The first-order valence-electron chi connectivity index (χ1n) is 5.70. The van der Waals surface area contributed by atoms with Crippen molar-refractivity contribution in [3.05, 3.63) is 0 Å². The summed E-state index contributed by atoms with van der Waals surface area (Å²) in [7, 11) is -9.66. The van der Waals surface area contributed by atoms with Crippen LogP contribution in [0, 0.1) is 11.3 Å². The second-order valence-electron chi connectivity index (χ2n) is 3.86. The summed E-state index contributed by atoms with van der Waals surface area (Å²) in [5.74, 6) is 0. The number of hydrogen-bond donors (Lipinski definition) is 0. The van der Waals surface area contributed by atoms with Gasteiger partial charge in [0, 0.05) is 0 Å². The van der Waals surface area contributed by atoms with Gasteiger partial charge in [0.05, 0.1) is 19.3 Å². The first-order valence-corrected chi connectivity index (χ1v) is 8.37. The molecule has 12 nitrogen and oxygen atoms in total. The van der Waals surface area contributed by atoms with Crippen LogP contribution in [0.1, 0.15) is 0 Å². The molecular weight excluding hydrogens is 349 g/mol. The Hall–Kier alpha value is -0.825. The van der Waals surface area contributed by atoms with Crippen LogP contribution in [0.4, 0.5) is 0 Å². The molecule has 0 aliphatic carbocycles. The second-order valence-corrected chi connectivity index (χ2v) is 6.35. The van der Waals surface area contributed by atoms with Crippen LogP contribution in [0.3, 0.4) is 0 Å². The van der Waals surface area contributed by atoms with E-state index in [1.807, 2.05) is 0 Å². The predicted molar refractivity (Wildman–Crippen MR) is 63.8 cm³/mol. The van der Waals surface area contributed by atoms with Crippen molar-refractivity contribution in [2.45, 2.75) is 12.4 Å². The summed E-state index contributed by atoms with van der Waals surface area (Å²) in [5.41, 5.74) is 0. The Morgan fingerprint density at radius 1 is 1.09 bits per heavy atom. The quantitative estimate of drug-likeness (QED) is 0.453. The molecule has 0 saturated carbocycles. The molecule has 2 unspecified atom stereocenters. The third-order valence-electron chi connectivity index (χ3n) is 2.19. The van der Waals surface area contributed by atoms with Crippen LogP contribution < -0.4 is 0 Å². The first-order chi connectivity index (χ1) is 10.3. The minimum Gasteiger partial charge on any atom is -0.383 e. The van der Waals surface area contributed by atoms with Gasteiger partial charge in [0.25, 0.3) is 0 Å². The van der Waals surface area contributed by atoms with Crippen LogP contribution in [0.2, 0.25) is 0 Å². The van der Waals surface area contributed by atoms with Gasteiger partial charge < -0.3 is 14.0 Å². The maximum absolute atomic E-state index is 10.9. The van der Waals surface area contributed by atoms with Crippen molar-refractivity contribution in [2.75, 3.05) is 26.4 Å². The average molecular weight is 359 g/mol. The molecule has 0 N–H and O–H groups in total. The zero-order chi connectivity index (χ0) is 16.2. The van der Waals surface area contributed by atoms with Gasteiger partial charge in [-0.1, -0.05) is 0 Å². The van der Waals surface area contributed by atoms with E-state index in [-0.39, 0.29) is 13.2 Å². The fraction of sp³-hybridized carbons (Fsp3) is 0.857. The lowest BCUT2D eigenvalue weighted by Gasteiger charge is -2.16. The molecule has 0 amide bonds. The largest absolute Gasteiger partial charge is 0.642 e. The van der Waals surface area contributed by atoms with Gasteiger partial charge in [-0.25, -0.2) is 16.7 Å². The van der Waals surface area contributed by atoms with Crippen molar-refractivity contribution < 1.29 is 47.5 Å². The minimum absolute atomic E-state index is 0.259. The Morgan fingerprint density at radius 3 is 2.32 bits per heavy atom. The van der Waals surface area contributed by atoms with Crippen molar-refractivity contribution in [3.63, 3.8) is 0 Å². The number of nitriles is 1. The van der Waals surface area contributed by atoms with Crippen LogP contribution in [0.25, 0.3) is 0 Å². The topological polar surface area (TPSA) is 157 Å². The third kappa shape index (κ3) is 5.42. The van der Waals surface area contributed by atoms with Crippen molar-refractivity contribution in [2.24, 2.45) is 0 Å². The summed E-state index contributed by atoms with van der Waals surface area (Å²) in [4.78, 5) is 0. The SMILES string of the molecule is N#CCOB(OCC1COS(=O)(=O)O1)OC1COS(=O)(=O)O1. The summed E-state index contributed by atoms with van der Waals surface area (Å²) in [5, 5.41) is 8.45. The molecule has 22 heavy (non-hydrogen) atoms. The van der Waals surface area contributed by atoms with Crippen molar-refractivity contribution in [1.29, 1.82) is 5.26 Å². The van der Waals surface area contributed by atoms with Crippen LogP contribution in [0.15, 0.2) is 0 Å². The van der Waals surface area contributed by atoms with Gasteiger partial charge >= 0.3 is 28.1 Å². The zero-order valence-corrected chi connectivity index (χ0v) is 12.4. The molecule has 2 fully saturated rings. The Labute approximate surface area is 126 Å². The summed E-state index contributed by atoms with van der Waals surface area (Å²) in [6, 6.07) is 1.66. The summed E-state index contributed by atoms with van der Waals surface area (Å²) >= 11 is 0. The number of rotatable bonds is 7. The molecule has 0 aromatic carbocycles. The number of nitrogens with zero attached hydrogens (tertiary/aromatic N) is 1. The Morgan fingerprint density at radius 2 is 1.77 bits per heavy atom. The van der Waals surface area contributed by atoms with E-state index in [1.54, 1.807) is 6.07 Å². The van der Waals surface area contributed by atoms with E-state index in [0.29, 0.717) is 0 Å². The molecule has 0 radical (unpaired) electrons. The van der Waals surface area contributed by atoms with E-state index in [2.05, 4.69) is 16.7 Å². The molecule has 15 heteroatoms. The lowest BCUT2D eigenvalue weighted by atomic mass is 10.2. The van der Waals surface area contributed by atoms with Crippen LogP contribution in [-0.4, -0.2) is 63.0 Å². The molecule has 0 bridgehead atoms. The van der Waals surface area contributed by atoms with E-state index in [1.165, 1.54) is 0 Å². The monoisotopic (exact) mass is 359 g/mol. The van der Waals surface area contributed by atoms with Gasteiger partial charge in [0.2, 0.25) is 0 Å². The molecule has 0 aromatic rings. The van der Waals surface area contributed by atoms with Gasteiger partial charge in [-0.05, 0) is 0 Å². The Balaban J connectivity index is 1.83. The highest BCUT2D eigenvalue weighted by atomic mass is 32.3. The van der Waals surface area contributed by atoms with Gasteiger partial charge in [0.15, 0.2) is 6.29 Å². The maximum Gasteiger partial charge on any atom is 0.642 e. The fourth-order valence-corrected chi connectivity index (χ4v) is 2.90. The highest BCUT2D eigenvalue weighted by molar-refractivity contribution is 7.82. The van der Waals surface area contributed by atoms with Crippen LogP contribution in [0.5, 0.6) is 0 Å². The average Bonchev–Trinajstić information content (AvgIpc) is 2.94. The van der Waals surface area contributed by atoms with E-state index in [4.69, 9.17) is 19.2 Å².